The zero-order valence-corrected chi connectivity index (χ0v) is 14.8. The minimum absolute atomic E-state index is 0.257. The van der Waals surface area contributed by atoms with Gasteiger partial charge in [-0.15, -0.1) is 5.10 Å². The molecule has 0 radical (unpaired) electrons. The fourth-order valence-electron chi connectivity index (χ4n) is 2.41. The first-order valence-electron chi connectivity index (χ1n) is 7.50. The molecule has 9 nitrogen and oxygen atoms in total. The van der Waals surface area contributed by atoms with Crippen molar-refractivity contribution in [3.8, 4) is 11.4 Å². The van der Waals surface area contributed by atoms with Crippen LogP contribution in [-0.2, 0) is 11.8 Å². The smallest absolute Gasteiger partial charge is 0.297 e. The molecule has 25 heavy (non-hydrogen) atoms. The topological polar surface area (TPSA) is 114 Å². The van der Waals surface area contributed by atoms with Gasteiger partial charge in [-0.05, 0) is 36.4 Å². The molecule has 1 unspecified atom stereocenters. The molecule has 0 aliphatic carbocycles. The van der Waals surface area contributed by atoms with Gasteiger partial charge in [0.25, 0.3) is 5.56 Å². The summed E-state index contributed by atoms with van der Waals surface area (Å²) in [5.41, 5.74) is 6.79. The van der Waals surface area contributed by atoms with Crippen LogP contribution in [0.25, 0.3) is 11.4 Å². The number of nitrogens with zero attached hydrogens (tertiary/aromatic N) is 6. The largest absolute Gasteiger partial charge is 0.369 e. The van der Waals surface area contributed by atoms with Crippen molar-refractivity contribution in [2.24, 2.45) is 12.8 Å². The number of carbonyl (C=O) groups is 1. The van der Waals surface area contributed by atoms with Gasteiger partial charge in [-0.25, -0.2) is 4.68 Å². The monoisotopic (exact) mass is 359 g/mol. The lowest BCUT2D eigenvalue weighted by Crippen LogP contribution is -2.24. The summed E-state index contributed by atoms with van der Waals surface area (Å²) >= 11 is 1.10. The van der Waals surface area contributed by atoms with E-state index in [1.165, 1.54) is 9.36 Å². The molecule has 0 aliphatic heterocycles. The lowest BCUT2D eigenvalue weighted by molar-refractivity contribution is -0.117. The van der Waals surface area contributed by atoms with Crippen molar-refractivity contribution in [1.29, 1.82) is 0 Å². The number of rotatable bonds is 5. The fourth-order valence-corrected chi connectivity index (χ4v) is 3.15. The van der Waals surface area contributed by atoms with Crippen LogP contribution in [-0.4, -0.2) is 40.7 Å². The highest BCUT2D eigenvalue weighted by molar-refractivity contribution is 8.00. The number of hydrogen-bond acceptors (Lipinski definition) is 6. The molecule has 0 saturated heterocycles. The lowest BCUT2D eigenvalue weighted by Gasteiger charge is -2.07. The maximum atomic E-state index is 13.0. The molecule has 10 heteroatoms. The molecule has 0 aliphatic rings. The Morgan fingerprint density at radius 1 is 1.28 bits per heavy atom. The number of tetrazole rings is 1. The van der Waals surface area contributed by atoms with E-state index >= 15 is 0 Å². The molecule has 2 aromatic heterocycles. The summed E-state index contributed by atoms with van der Waals surface area (Å²) in [7, 11) is 1.79. The molecule has 130 valence electrons. The number of benzene rings is 1. The van der Waals surface area contributed by atoms with Crippen LogP contribution in [0.5, 0.6) is 0 Å². The average molecular weight is 359 g/mol. The maximum Gasteiger partial charge on any atom is 0.297 e. The van der Waals surface area contributed by atoms with Crippen molar-refractivity contribution >= 4 is 17.7 Å². The number of carbonyl (C=O) groups excluding carboxylic acids is 1. The molecule has 1 atom stereocenters. The van der Waals surface area contributed by atoms with Crippen LogP contribution in [0, 0.1) is 6.92 Å². The van der Waals surface area contributed by atoms with Crippen LogP contribution in [0.15, 0.2) is 40.3 Å². The van der Waals surface area contributed by atoms with Crippen molar-refractivity contribution in [2.45, 2.75) is 24.3 Å². The number of primary amides is 1. The van der Waals surface area contributed by atoms with E-state index in [1.54, 1.807) is 18.7 Å². The molecular formula is C15H17N7O2S. The third kappa shape index (κ3) is 2.95. The molecule has 2 N–H and O–H groups in total. The summed E-state index contributed by atoms with van der Waals surface area (Å²) in [4.78, 5) is 24.3. The molecule has 3 rings (SSSR count). The van der Waals surface area contributed by atoms with Gasteiger partial charge in [0.2, 0.25) is 11.1 Å². The number of para-hydroxylation sites is 1. The van der Waals surface area contributed by atoms with E-state index in [1.807, 2.05) is 37.3 Å². The zero-order chi connectivity index (χ0) is 18.1. The number of aromatic nitrogens is 6. The van der Waals surface area contributed by atoms with Crippen molar-refractivity contribution < 1.29 is 4.79 Å². The van der Waals surface area contributed by atoms with Crippen LogP contribution < -0.4 is 11.3 Å². The highest BCUT2D eigenvalue weighted by atomic mass is 32.2. The molecular weight excluding hydrogens is 342 g/mol. The summed E-state index contributed by atoms with van der Waals surface area (Å²) in [6, 6.07) is 9.28. The van der Waals surface area contributed by atoms with Gasteiger partial charge >= 0.3 is 0 Å². The van der Waals surface area contributed by atoms with E-state index in [2.05, 4.69) is 15.5 Å². The molecule has 2 heterocycles. The Labute approximate surface area is 147 Å². The first kappa shape index (κ1) is 17.0. The summed E-state index contributed by atoms with van der Waals surface area (Å²) in [5, 5.41) is 11.3. The molecule has 1 amide bonds. The summed E-state index contributed by atoms with van der Waals surface area (Å²) in [5.74, 6) is -0.481. The molecule has 0 bridgehead atoms. The van der Waals surface area contributed by atoms with Crippen molar-refractivity contribution in [3.63, 3.8) is 0 Å². The molecule has 0 saturated carbocycles. The van der Waals surface area contributed by atoms with Crippen LogP contribution >= 0.6 is 11.8 Å². The van der Waals surface area contributed by atoms with E-state index in [-0.39, 0.29) is 5.56 Å². The quantitative estimate of drug-likeness (QED) is 0.661. The number of nitrogens with two attached hydrogens (primary N) is 1. The van der Waals surface area contributed by atoms with E-state index in [0.29, 0.717) is 16.5 Å². The Kier molecular flexibility index (Phi) is 4.45. The summed E-state index contributed by atoms with van der Waals surface area (Å²) in [6.07, 6.45) is 0. The lowest BCUT2D eigenvalue weighted by atomic mass is 10.3. The SMILES string of the molecule is Cc1c(-n2nnnc2SC(C)C(N)=O)c(=O)n(-c2ccccc2)n1C. The highest BCUT2D eigenvalue weighted by Crippen LogP contribution is 2.23. The Bertz CT molecular complexity index is 974. The Morgan fingerprint density at radius 2 is 1.96 bits per heavy atom. The first-order valence-corrected chi connectivity index (χ1v) is 8.38. The minimum Gasteiger partial charge on any atom is -0.369 e. The zero-order valence-electron chi connectivity index (χ0n) is 13.9. The van der Waals surface area contributed by atoms with Gasteiger partial charge < -0.3 is 5.73 Å². The van der Waals surface area contributed by atoms with Gasteiger partial charge in [-0.1, -0.05) is 30.0 Å². The second-order valence-corrected chi connectivity index (χ2v) is 6.75. The molecule has 3 aromatic rings. The minimum atomic E-state index is -0.523. The van der Waals surface area contributed by atoms with Crippen LogP contribution in [0.3, 0.4) is 0 Å². The van der Waals surface area contributed by atoms with Crippen LogP contribution in [0.1, 0.15) is 12.6 Å². The molecule has 0 spiro atoms. The highest BCUT2D eigenvalue weighted by Gasteiger charge is 2.23. The predicted molar refractivity (Wildman–Crippen MR) is 93.0 cm³/mol. The van der Waals surface area contributed by atoms with E-state index in [9.17, 15) is 9.59 Å². The molecule has 0 fully saturated rings. The van der Waals surface area contributed by atoms with Gasteiger partial charge in [0.15, 0.2) is 5.69 Å². The van der Waals surface area contributed by atoms with Gasteiger partial charge in [-0.2, -0.15) is 4.68 Å². The Morgan fingerprint density at radius 3 is 2.60 bits per heavy atom. The van der Waals surface area contributed by atoms with Crippen molar-refractivity contribution in [3.05, 3.63) is 46.4 Å². The average Bonchev–Trinajstić information content (AvgIpc) is 3.11. The van der Waals surface area contributed by atoms with E-state index < -0.39 is 11.2 Å². The summed E-state index contributed by atoms with van der Waals surface area (Å²) in [6.45, 7) is 3.47. The van der Waals surface area contributed by atoms with Gasteiger partial charge in [0, 0.05) is 7.05 Å². The normalized spacial score (nSPS) is 12.3. The number of amides is 1. The van der Waals surface area contributed by atoms with E-state index in [0.717, 1.165) is 17.4 Å². The fraction of sp³-hybridized carbons (Fsp3) is 0.267. The maximum absolute atomic E-state index is 13.0. The molecule has 1 aromatic carbocycles. The van der Waals surface area contributed by atoms with Gasteiger partial charge in [0.05, 0.1) is 16.6 Å². The number of hydrogen-bond donors (Lipinski definition) is 1. The summed E-state index contributed by atoms with van der Waals surface area (Å²) < 4.78 is 4.63. The first-order chi connectivity index (χ1) is 11.9. The predicted octanol–water partition coefficient (Wildman–Crippen LogP) is 0.426. The van der Waals surface area contributed by atoms with Gasteiger partial charge in [0.1, 0.15) is 0 Å². The van der Waals surface area contributed by atoms with Gasteiger partial charge in [-0.3, -0.25) is 14.3 Å². The standard InChI is InChI=1S/C15H17N7O2S/c1-9-12(21-15(17-18-19-21)25-10(2)13(16)23)14(24)22(20(9)3)11-7-5-4-6-8-11/h4-8,10H,1-3H3,(H2,16,23). The van der Waals surface area contributed by atoms with Crippen molar-refractivity contribution in [1.82, 2.24) is 29.6 Å². The van der Waals surface area contributed by atoms with E-state index in [4.69, 9.17) is 5.73 Å². The van der Waals surface area contributed by atoms with Crippen molar-refractivity contribution in [2.75, 3.05) is 0 Å². The number of thioether (sulfide) groups is 1. The third-order valence-corrected chi connectivity index (χ3v) is 4.91. The second-order valence-electron chi connectivity index (χ2n) is 5.45. The Balaban J connectivity index is 2.13. The van der Waals surface area contributed by atoms with Crippen LogP contribution in [0.2, 0.25) is 0 Å². The van der Waals surface area contributed by atoms with Crippen LogP contribution in [0.4, 0.5) is 0 Å². The Hall–Kier alpha value is -2.88. The third-order valence-electron chi connectivity index (χ3n) is 3.86. The second kappa shape index (κ2) is 6.55.